The van der Waals surface area contributed by atoms with E-state index in [0.717, 1.165) is 42.8 Å². The Labute approximate surface area is 181 Å². The van der Waals surface area contributed by atoms with Crippen molar-refractivity contribution in [2.75, 3.05) is 36.0 Å². The number of imidazole rings is 1. The van der Waals surface area contributed by atoms with Crippen LogP contribution in [0.4, 0.5) is 5.82 Å². The number of para-hydroxylation sites is 2. The molecular weight excluding hydrogens is 414 g/mol. The predicted molar refractivity (Wildman–Crippen MR) is 119 cm³/mol. The van der Waals surface area contributed by atoms with Crippen LogP contribution in [0.25, 0.3) is 11.0 Å². The molecule has 1 unspecified atom stereocenters. The molecular formula is C22H25N5O3S. The van der Waals surface area contributed by atoms with Crippen LogP contribution >= 0.6 is 0 Å². The van der Waals surface area contributed by atoms with E-state index in [2.05, 4.69) is 25.5 Å². The van der Waals surface area contributed by atoms with Gasteiger partial charge < -0.3 is 14.4 Å². The van der Waals surface area contributed by atoms with Crippen molar-refractivity contribution in [3.05, 3.63) is 54.5 Å². The molecule has 0 bridgehead atoms. The molecule has 2 saturated heterocycles. The van der Waals surface area contributed by atoms with E-state index in [-0.39, 0.29) is 30.5 Å². The molecule has 1 amide bonds. The number of aromatic nitrogens is 3. The quantitative estimate of drug-likeness (QED) is 0.618. The van der Waals surface area contributed by atoms with Crippen LogP contribution < -0.4 is 4.90 Å². The second kappa shape index (κ2) is 7.96. The van der Waals surface area contributed by atoms with E-state index in [1.54, 1.807) is 17.2 Å². The number of nitrogens with zero attached hydrogens (tertiary/aromatic N) is 5. The maximum Gasteiger partial charge on any atom is 0.255 e. The number of carbonyl (C=O) groups excluding carboxylic acids is 1. The number of anilines is 1. The maximum atomic E-state index is 12.7. The molecule has 1 atom stereocenters. The number of sulfone groups is 1. The second-order valence-corrected chi connectivity index (χ2v) is 10.5. The number of hydrogen-bond donors (Lipinski definition) is 0. The van der Waals surface area contributed by atoms with Crippen LogP contribution in [0.3, 0.4) is 0 Å². The molecule has 2 aliphatic heterocycles. The van der Waals surface area contributed by atoms with E-state index >= 15 is 0 Å². The van der Waals surface area contributed by atoms with Gasteiger partial charge in [0.1, 0.15) is 5.82 Å². The first-order valence-electron chi connectivity index (χ1n) is 10.6. The van der Waals surface area contributed by atoms with E-state index in [9.17, 15) is 13.2 Å². The minimum absolute atomic E-state index is 0.0304. The summed E-state index contributed by atoms with van der Waals surface area (Å²) in [4.78, 5) is 25.7. The Balaban J connectivity index is 1.29. The molecule has 0 saturated carbocycles. The van der Waals surface area contributed by atoms with Gasteiger partial charge in [-0.25, -0.2) is 18.4 Å². The molecule has 2 fully saturated rings. The van der Waals surface area contributed by atoms with Gasteiger partial charge in [0.2, 0.25) is 0 Å². The summed E-state index contributed by atoms with van der Waals surface area (Å²) in [5.74, 6) is 0.771. The molecule has 0 aliphatic carbocycles. The fourth-order valence-electron chi connectivity index (χ4n) is 4.49. The highest BCUT2D eigenvalue weighted by Crippen LogP contribution is 2.26. The van der Waals surface area contributed by atoms with E-state index in [0.29, 0.717) is 11.6 Å². The molecule has 0 radical (unpaired) electrons. The second-order valence-electron chi connectivity index (χ2n) is 8.22. The van der Waals surface area contributed by atoms with Crippen molar-refractivity contribution in [1.29, 1.82) is 0 Å². The molecule has 162 valence electrons. The average Bonchev–Trinajstić information content (AvgIpc) is 3.41. The Morgan fingerprint density at radius 2 is 1.84 bits per heavy atom. The molecule has 0 spiro atoms. The highest BCUT2D eigenvalue weighted by molar-refractivity contribution is 7.91. The van der Waals surface area contributed by atoms with E-state index < -0.39 is 9.84 Å². The lowest BCUT2D eigenvalue weighted by Crippen LogP contribution is -2.43. The summed E-state index contributed by atoms with van der Waals surface area (Å²) in [7, 11) is -3.01. The first-order valence-corrected chi connectivity index (χ1v) is 12.4. The van der Waals surface area contributed by atoms with Gasteiger partial charge in [-0.2, -0.15) is 0 Å². The van der Waals surface area contributed by atoms with Crippen molar-refractivity contribution in [2.24, 2.45) is 0 Å². The van der Waals surface area contributed by atoms with Crippen LogP contribution in [0, 0.1) is 0 Å². The average molecular weight is 440 g/mol. The molecule has 2 aliphatic rings. The molecule has 9 heteroatoms. The topological polar surface area (TPSA) is 88.4 Å². The Hall–Kier alpha value is -2.94. The molecule has 4 heterocycles. The Morgan fingerprint density at radius 3 is 2.61 bits per heavy atom. The molecule has 3 aromatic rings. The highest BCUT2D eigenvalue weighted by atomic mass is 32.2. The zero-order valence-electron chi connectivity index (χ0n) is 17.2. The molecule has 5 rings (SSSR count). The largest absolute Gasteiger partial charge is 0.352 e. The first-order chi connectivity index (χ1) is 15.0. The molecule has 1 aromatic carbocycles. The van der Waals surface area contributed by atoms with Crippen molar-refractivity contribution >= 4 is 32.6 Å². The molecule has 0 N–H and O–H groups in total. The number of fused-ring (bicyclic) bond motifs is 1. The highest BCUT2D eigenvalue weighted by Gasteiger charge is 2.28. The van der Waals surface area contributed by atoms with E-state index in [1.165, 1.54) is 0 Å². The Morgan fingerprint density at radius 1 is 1.03 bits per heavy atom. The van der Waals surface area contributed by atoms with Gasteiger partial charge in [0.05, 0.1) is 34.4 Å². The van der Waals surface area contributed by atoms with Crippen LogP contribution in [0.5, 0.6) is 0 Å². The number of pyridine rings is 1. The van der Waals surface area contributed by atoms with Crippen LogP contribution in [0.1, 0.15) is 23.2 Å². The summed E-state index contributed by atoms with van der Waals surface area (Å²) in [6.07, 6.45) is 5.69. The van der Waals surface area contributed by atoms with Crippen LogP contribution in [-0.4, -0.2) is 70.9 Å². The van der Waals surface area contributed by atoms with Crippen molar-refractivity contribution < 1.29 is 13.2 Å². The summed E-state index contributed by atoms with van der Waals surface area (Å²) >= 11 is 0. The number of benzene rings is 1. The summed E-state index contributed by atoms with van der Waals surface area (Å²) in [5, 5.41) is 0. The maximum absolute atomic E-state index is 12.7. The Kier molecular flexibility index (Phi) is 5.13. The van der Waals surface area contributed by atoms with Gasteiger partial charge in [-0.15, -0.1) is 0 Å². The third kappa shape index (κ3) is 4.01. The lowest BCUT2D eigenvalue weighted by atomic mass is 10.2. The third-order valence-corrected chi connectivity index (χ3v) is 7.84. The lowest BCUT2D eigenvalue weighted by molar-refractivity contribution is 0.0770. The van der Waals surface area contributed by atoms with Gasteiger partial charge in [-0.1, -0.05) is 12.1 Å². The van der Waals surface area contributed by atoms with Gasteiger partial charge in [0.15, 0.2) is 9.84 Å². The van der Waals surface area contributed by atoms with Crippen molar-refractivity contribution in [3.63, 3.8) is 0 Å². The number of amides is 1. The zero-order valence-corrected chi connectivity index (χ0v) is 18.0. The standard InChI is InChI=1S/C22H25N5O3S/c28-22(25-10-12-31(29,30)13-11-25)17-7-8-21(23-14-17)27-9-3-4-18(27)15-26-16-24-19-5-1-2-6-20(19)26/h1-2,5-8,14,16,18H,3-4,9-13,15H2. The van der Waals surface area contributed by atoms with Crippen LogP contribution in [0.2, 0.25) is 0 Å². The molecule has 8 nitrogen and oxygen atoms in total. The third-order valence-electron chi connectivity index (χ3n) is 6.23. The van der Waals surface area contributed by atoms with Crippen LogP contribution in [0.15, 0.2) is 48.9 Å². The number of carbonyl (C=O) groups is 1. The van der Waals surface area contributed by atoms with Gasteiger partial charge in [0, 0.05) is 38.4 Å². The van der Waals surface area contributed by atoms with E-state index in [4.69, 9.17) is 0 Å². The summed E-state index contributed by atoms with van der Waals surface area (Å²) in [6.45, 7) is 2.26. The summed E-state index contributed by atoms with van der Waals surface area (Å²) in [5.41, 5.74) is 2.63. The number of hydrogen-bond acceptors (Lipinski definition) is 6. The van der Waals surface area contributed by atoms with Gasteiger partial charge >= 0.3 is 0 Å². The zero-order chi connectivity index (χ0) is 21.4. The smallest absolute Gasteiger partial charge is 0.255 e. The fourth-order valence-corrected chi connectivity index (χ4v) is 5.69. The molecule has 31 heavy (non-hydrogen) atoms. The molecule has 2 aromatic heterocycles. The minimum Gasteiger partial charge on any atom is -0.352 e. The lowest BCUT2D eigenvalue weighted by Gasteiger charge is -2.28. The first kappa shape index (κ1) is 20.0. The fraction of sp³-hybridized carbons (Fsp3) is 0.409. The Bertz CT molecular complexity index is 1190. The van der Waals surface area contributed by atoms with Crippen molar-refractivity contribution in [2.45, 2.75) is 25.4 Å². The summed E-state index contributed by atoms with van der Waals surface area (Å²) in [6, 6.07) is 12.2. The minimum atomic E-state index is -3.01. The van der Waals surface area contributed by atoms with Gasteiger partial charge in [-0.05, 0) is 37.1 Å². The summed E-state index contributed by atoms with van der Waals surface area (Å²) < 4.78 is 25.4. The normalized spacial score (nSPS) is 21.0. The van der Waals surface area contributed by atoms with Gasteiger partial charge in [0.25, 0.3) is 5.91 Å². The predicted octanol–water partition coefficient (Wildman–Crippen LogP) is 1.97. The van der Waals surface area contributed by atoms with Gasteiger partial charge in [-0.3, -0.25) is 4.79 Å². The SMILES string of the molecule is O=C(c1ccc(N2CCCC2Cn2cnc3ccccc32)nc1)N1CCS(=O)(=O)CC1. The van der Waals surface area contributed by atoms with E-state index in [1.807, 2.05) is 30.6 Å². The van der Waals surface area contributed by atoms with Crippen LogP contribution in [-0.2, 0) is 16.4 Å². The monoisotopic (exact) mass is 439 g/mol. The van der Waals surface area contributed by atoms with Crippen molar-refractivity contribution in [1.82, 2.24) is 19.4 Å². The van der Waals surface area contributed by atoms with Crippen molar-refractivity contribution in [3.8, 4) is 0 Å². The number of rotatable bonds is 4.